The molecule has 0 saturated carbocycles. The summed E-state index contributed by atoms with van der Waals surface area (Å²) < 4.78 is 0. The van der Waals surface area contributed by atoms with Crippen molar-refractivity contribution >= 4 is 5.91 Å². The van der Waals surface area contributed by atoms with E-state index in [1.54, 1.807) is 0 Å². The van der Waals surface area contributed by atoms with Gasteiger partial charge in [-0.25, -0.2) is 0 Å². The summed E-state index contributed by atoms with van der Waals surface area (Å²) in [6, 6.07) is 0.290. The van der Waals surface area contributed by atoms with E-state index in [-0.39, 0.29) is 12.6 Å². The summed E-state index contributed by atoms with van der Waals surface area (Å²) in [7, 11) is 0. The quantitative estimate of drug-likeness (QED) is 0.773. The molecule has 0 spiro atoms. The van der Waals surface area contributed by atoms with Crippen LogP contribution in [0.25, 0.3) is 0 Å². The molecule has 2 unspecified atom stereocenters. The first kappa shape index (κ1) is 13.8. The molecule has 0 radical (unpaired) electrons. The standard InChI is InChI=1S/C14H26N2O2/c17-10-7-13-3-1-2-9-16(13)14(18)5-4-12-6-8-15-11-12/h12-13,15,17H,1-11H2. The van der Waals surface area contributed by atoms with E-state index in [1.807, 2.05) is 4.90 Å². The highest BCUT2D eigenvalue weighted by atomic mass is 16.3. The molecule has 2 aliphatic heterocycles. The third-order valence-electron chi connectivity index (χ3n) is 4.34. The molecule has 18 heavy (non-hydrogen) atoms. The molecule has 2 aliphatic rings. The normalized spacial score (nSPS) is 28.6. The highest BCUT2D eigenvalue weighted by Gasteiger charge is 2.26. The van der Waals surface area contributed by atoms with Crippen LogP contribution in [-0.4, -0.2) is 48.2 Å². The SMILES string of the molecule is O=C(CCC1CCNC1)N1CCCCC1CCO. The number of carbonyl (C=O) groups excluding carboxylic acids is 1. The Morgan fingerprint density at radius 1 is 1.28 bits per heavy atom. The Bertz CT molecular complexity index is 263. The van der Waals surface area contributed by atoms with Gasteiger partial charge in [0.05, 0.1) is 0 Å². The van der Waals surface area contributed by atoms with Crippen LogP contribution in [0.2, 0.25) is 0 Å². The molecule has 104 valence electrons. The lowest BCUT2D eigenvalue weighted by atomic mass is 9.97. The lowest BCUT2D eigenvalue weighted by molar-refractivity contribution is -0.135. The molecule has 0 aromatic carbocycles. The minimum Gasteiger partial charge on any atom is -0.396 e. The van der Waals surface area contributed by atoms with Crippen molar-refractivity contribution in [3.8, 4) is 0 Å². The molecule has 2 N–H and O–H groups in total. The predicted molar refractivity (Wildman–Crippen MR) is 71.3 cm³/mol. The number of aliphatic hydroxyl groups is 1. The van der Waals surface area contributed by atoms with E-state index in [1.165, 1.54) is 12.8 Å². The number of nitrogens with zero attached hydrogens (tertiary/aromatic N) is 1. The van der Waals surface area contributed by atoms with Gasteiger partial charge in [0.1, 0.15) is 0 Å². The van der Waals surface area contributed by atoms with Gasteiger partial charge in [-0.3, -0.25) is 4.79 Å². The van der Waals surface area contributed by atoms with E-state index in [2.05, 4.69) is 5.32 Å². The zero-order chi connectivity index (χ0) is 12.8. The van der Waals surface area contributed by atoms with E-state index >= 15 is 0 Å². The van der Waals surface area contributed by atoms with Crippen molar-refractivity contribution in [3.05, 3.63) is 0 Å². The number of aliphatic hydroxyl groups excluding tert-OH is 1. The fraction of sp³-hybridized carbons (Fsp3) is 0.929. The van der Waals surface area contributed by atoms with Gasteiger partial charge < -0.3 is 15.3 Å². The predicted octanol–water partition coefficient (Wildman–Crippen LogP) is 1.14. The number of hydrogen-bond acceptors (Lipinski definition) is 3. The smallest absolute Gasteiger partial charge is 0.222 e. The molecule has 0 aromatic rings. The van der Waals surface area contributed by atoms with Crippen molar-refractivity contribution in [2.24, 2.45) is 5.92 Å². The van der Waals surface area contributed by atoms with Gasteiger partial charge in [0.2, 0.25) is 5.91 Å². The average molecular weight is 254 g/mol. The van der Waals surface area contributed by atoms with Crippen LogP contribution >= 0.6 is 0 Å². The molecule has 1 amide bonds. The van der Waals surface area contributed by atoms with Gasteiger partial charge in [-0.15, -0.1) is 0 Å². The Labute approximate surface area is 110 Å². The first-order valence-corrected chi connectivity index (χ1v) is 7.42. The highest BCUT2D eigenvalue weighted by Crippen LogP contribution is 2.22. The van der Waals surface area contributed by atoms with E-state index in [0.29, 0.717) is 18.2 Å². The Morgan fingerprint density at radius 2 is 2.17 bits per heavy atom. The molecule has 2 atom stereocenters. The van der Waals surface area contributed by atoms with E-state index in [0.717, 1.165) is 45.3 Å². The number of rotatable bonds is 5. The third kappa shape index (κ3) is 3.69. The Morgan fingerprint density at radius 3 is 2.89 bits per heavy atom. The van der Waals surface area contributed by atoms with Crippen LogP contribution in [0.3, 0.4) is 0 Å². The van der Waals surface area contributed by atoms with E-state index in [4.69, 9.17) is 5.11 Å². The second-order valence-electron chi connectivity index (χ2n) is 5.65. The molecule has 2 heterocycles. The number of nitrogens with one attached hydrogen (secondary N) is 1. The maximum atomic E-state index is 12.3. The molecular weight excluding hydrogens is 228 g/mol. The van der Waals surface area contributed by atoms with Crippen LogP contribution in [0.5, 0.6) is 0 Å². The third-order valence-corrected chi connectivity index (χ3v) is 4.34. The summed E-state index contributed by atoms with van der Waals surface area (Å²) in [5, 5.41) is 12.4. The molecule has 4 nitrogen and oxygen atoms in total. The van der Waals surface area contributed by atoms with Gasteiger partial charge in [-0.05, 0) is 57.5 Å². The van der Waals surface area contributed by atoms with Crippen molar-refractivity contribution in [1.29, 1.82) is 0 Å². The number of carbonyl (C=O) groups is 1. The number of likely N-dealkylation sites (tertiary alicyclic amines) is 1. The van der Waals surface area contributed by atoms with Crippen LogP contribution in [0.1, 0.15) is 44.9 Å². The second-order valence-corrected chi connectivity index (χ2v) is 5.65. The van der Waals surface area contributed by atoms with Gasteiger partial charge in [0.15, 0.2) is 0 Å². The van der Waals surface area contributed by atoms with Crippen molar-refractivity contribution in [1.82, 2.24) is 10.2 Å². The average Bonchev–Trinajstić information content (AvgIpc) is 2.90. The topological polar surface area (TPSA) is 52.6 Å². The van der Waals surface area contributed by atoms with Crippen LogP contribution in [-0.2, 0) is 4.79 Å². The summed E-state index contributed by atoms with van der Waals surface area (Å²) >= 11 is 0. The summed E-state index contributed by atoms with van der Waals surface area (Å²) in [4.78, 5) is 14.3. The lowest BCUT2D eigenvalue weighted by Gasteiger charge is -2.36. The van der Waals surface area contributed by atoms with Crippen molar-refractivity contribution in [2.45, 2.75) is 51.0 Å². The highest BCUT2D eigenvalue weighted by molar-refractivity contribution is 5.76. The molecule has 2 saturated heterocycles. The maximum Gasteiger partial charge on any atom is 0.222 e. The Kier molecular flexibility index (Phi) is 5.45. The Hall–Kier alpha value is -0.610. The van der Waals surface area contributed by atoms with Crippen molar-refractivity contribution in [3.63, 3.8) is 0 Å². The summed E-state index contributed by atoms with van der Waals surface area (Å²) in [6.45, 7) is 3.27. The van der Waals surface area contributed by atoms with Crippen LogP contribution in [0.4, 0.5) is 0 Å². The first-order chi connectivity index (χ1) is 8.81. The van der Waals surface area contributed by atoms with Gasteiger partial charge in [0, 0.05) is 25.6 Å². The summed E-state index contributed by atoms with van der Waals surface area (Å²) in [5.41, 5.74) is 0. The summed E-state index contributed by atoms with van der Waals surface area (Å²) in [5.74, 6) is 0.995. The van der Waals surface area contributed by atoms with Gasteiger partial charge in [-0.2, -0.15) is 0 Å². The molecular formula is C14H26N2O2. The fourth-order valence-corrected chi connectivity index (χ4v) is 3.21. The zero-order valence-electron chi connectivity index (χ0n) is 11.2. The number of hydrogen-bond donors (Lipinski definition) is 2. The first-order valence-electron chi connectivity index (χ1n) is 7.42. The van der Waals surface area contributed by atoms with Crippen molar-refractivity contribution in [2.75, 3.05) is 26.2 Å². The number of piperidine rings is 1. The molecule has 0 aromatic heterocycles. The van der Waals surface area contributed by atoms with Gasteiger partial charge in [0.25, 0.3) is 0 Å². The fourth-order valence-electron chi connectivity index (χ4n) is 3.21. The van der Waals surface area contributed by atoms with Crippen LogP contribution in [0.15, 0.2) is 0 Å². The van der Waals surface area contributed by atoms with Crippen LogP contribution in [0, 0.1) is 5.92 Å². The Balaban J connectivity index is 1.77. The minimum atomic E-state index is 0.195. The molecule has 0 aliphatic carbocycles. The molecule has 2 fully saturated rings. The van der Waals surface area contributed by atoms with E-state index < -0.39 is 0 Å². The second kappa shape index (κ2) is 7.10. The monoisotopic (exact) mass is 254 g/mol. The summed E-state index contributed by atoms with van der Waals surface area (Å²) in [6.07, 6.45) is 7.06. The lowest BCUT2D eigenvalue weighted by Crippen LogP contribution is -2.44. The molecule has 4 heteroatoms. The number of amides is 1. The molecule has 0 bridgehead atoms. The minimum absolute atomic E-state index is 0.195. The van der Waals surface area contributed by atoms with Gasteiger partial charge >= 0.3 is 0 Å². The van der Waals surface area contributed by atoms with Crippen molar-refractivity contribution < 1.29 is 9.90 Å². The molecule has 2 rings (SSSR count). The zero-order valence-corrected chi connectivity index (χ0v) is 11.2. The maximum absolute atomic E-state index is 12.3. The van der Waals surface area contributed by atoms with E-state index in [9.17, 15) is 4.79 Å². The van der Waals surface area contributed by atoms with Crippen LogP contribution < -0.4 is 5.32 Å². The largest absolute Gasteiger partial charge is 0.396 e. The van der Waals surface area contributed by atoms with Gasteiger partial charge in [-0.1, -0.05) is 0 Å².